The summed E-state index contributed by atoms with van der Waals surface area (Å²) in [5.74, 6) is 0. The van der Waals surface area contributed by atoms with E-state index < -0.39 is 5.60 Å². The lowest BCUT2D eigenvalue weighted by molar-refractivity contribution is -0.0299. The van der Waals surface area contributed by atoms with Crippen LogP contribution in [-0.4, -0.2) is 45.3 Å². The minimum Gasteiger partial charge on any atom is -0.388 e. The summed E-state index contributed by atoms with van der Waals surface area (Å²) in [6.07, 6.45) is 2.90. The quantitative estimate of drug-likeness (QED) is 0.930. The average molecular weight is 299 g/mol. The molecule has 22 heavy (non-hydrogen) atoms. The van der Waals surface area contributed by atoms with Gasteiger partial charge in [0.1, 0.15) is 0 Å². The first-order chi connectivity index (χ1) is 10.6. The van der Waals surface area contributed by atoms with Crippen LogP contribution in [0.15, 0.2) is 47.5 Å². The van der Waals surface area contributed by atoms with Gasteiger partial charge in [-0.1, -0.05) is 30.3 Å². The minimum atomic E-state index is -0.813. The number of aromatic nitrogens is 2. The smallest absolute Gasteiger partial charge is 0.253 e. The highest BCUT2D eigenvalue weighted by molar-refractivity contribution is 5.57. The number of hydrogen-bond acceptors (Lipinski definition) is 4. The van der Waals surface area contributed by atoms with Crippen molar-refractivity contribution >= 4 is 0 Å². The lowest BCUT2D eigenvalue weighted by Gasteiger charge is -2.36. The molecule has 0 aliphatic carbocycles. The first-order valence-electron chi connectivity index (χ1n) is 7.59. The molecule has 1 aromatic heterocycles. The summed E-state index contributed by atoms with van der Waals surface area (Å²) in [7, 11) is 2.04. The molecule has 0 unspecified atom stereocenters. The zero-order valence-corrected chi connectivity index (χ0v) is 12.8. The van der Waals surface area contributed by atoms with E-state index in [0.29, 0.717) is 25.1 Å². The van der Waals surface area contributed by atoms with Gasteiger partial charge in [-0.3, -0.25) is 9.36 Å². The molecule has 0 saturated carbocycles. The van der Waals surface area contributed by atoms with Gasteiger partial charge in [0.25, 0.3) is 5.56 Å². The zero-order valence-electron chi connectivity index (χ0n) is 12.8. The Morgan fingerprint density at radius 3 is 2.55 bits per heavy atom. The van der Waals surface area contributed by atoms with Crippen LogP contribution in [0.4, 0.5) is 0 Å². The summed E-state index contributed by atoms with van der Waals surface area (Å²) in [5, 5.41) is 10.6. The second kappa shape index (κ2) is 6.02. The van der Waals surface area contributed by atoms with Crippen molar-refractivity contribution in [2.24, 2.45) is 0 Å². The summed E-state index contributed by atoms with van der Waals surface area (Å²) in [6.45, 7) is 2.00. The van der Waals surface area contributed by atoms with E-state index in [1.165, 1.54) is 10.6 Å². The van der Waals surface area contributed by atoms with E-state index in [1.807, 2.05) is 37.4 Å². The Balaban J connectivity index is 1.80. The average Bonchev–Trinajstić information content (AvgIpc) is 2.53. The lowest BCUT2D eigenvalue weighted by atomic mass is 9.91. The van der Waals surface area contributed by atoms with E-state index in [0.717, 1.165) is 18.7 Å². The molecule has 0 radical (unpaired) electrons. The van der Waals surface area contributed by atoms with Crippen molar-refractivity contribution in [1.29, 1.82) is 0 Å². The molecule has 2 heterocycles. The Labute approximate surface area is 129 Å². The number of piperidine rings is 1. The largest absolute Gasteiger partial charge is 0.388 e. The normalized spacial score (nSPS) is 18.3. The Morgan fingerprint density at radius 2 is 1.91 bits per heavy atom. The summed E-state index contributed by atoms with van der Waals surface area (Å²) in [5.41, 5.74) is 0.648. The molecule has 116 valence electrons. The Bertz CT molecular complexity index is 689. The number of hydrogen-bond donors (Lipinski definition) is 1. The van der Waals surface area contributed by atoms with E-state index in [1.54, 1.807) is 6.33 Å². The van der Waals surface area contributed by atoms with Crippen molar-refractivity contribution in [2.75, 3.05) is 20.1 Å². The summed E-state index contributed by atoms with van der Waals surface area (Å²) in [4.78, 5) is 18.8. The van der Waals surface area contributed by atoms with Crippen molar-refractivity contribution < 1.29 is 5.11 Å². The van der Waals surface area contributed by atoms with Crippen molar-refractivity contribution in [1.82, 2.24) is 14.5 Å². The van der Waals surface area contributed by atoms with E-state index in [4.69, 9.17) is 0 Å². The van der Waals surface area contributed by atoms with Crippen LogP contribution >= 0.6 is 0 Å². The number of likely N-dealkylation sites (tertiary alicyclic amines) is 1. The van der Waals surface area contributed by atoms with Crippen LogP contribution < -0.4 is 5.56 Å². The van der Waals surface area contributed by atoms with Gasteiger partial charge in [0, 0.05) is 24.7 Å². The molecule has 1 fully saturated rings. The molecule has 0 atom stereocenters. The van der Waals surface area contributed by atoms with Gasteiger partial charge in [-0.05, 0) is 19.9 Å². The van der Waals surface area contributed by atoms with Crippen molar-refractivity contribution in [3.63, 3.8) is 0 Å². The molecule has 1 N–H and O–H groups in total. The Morgan fingerprint density at radius 1 is 1.23 bits per heavy atom. The highest BCUT2D eigenvalue weighted by atomic mass is 16.3. The SMILES string of the molecule is CN1CCC(O)(Cn2cnc(-c3ccccc3)cc2=O)CC1. The van der Waals surface area contributed by atoms with Crippen LogP contribution in [0.25, 0.3) is 11.3 Å². The zero-order chi connectivity index (χ0) is 15.6. The van der Waals surface area contributed by atoms with Crippen molar-refractivity contribution in [3.05, 3.63) is 53.1 Å². The fourth-order valence-electron chi connectivity index (χ4n) is 2.82. The van der Waals surface area contributed by atoms with Gasteiger partial charge in [-0.15, -0.1) is 0 Å². The predicted octanol–water partition coefficient (Wildman–Crippen LogP) is 1.37. The number of benzene rings is 1. The molecule has 2 aromatic rings. The maximum atomic E-state index is 12.3. The van der Waals surface area contributed by atoms with Crippen LogP contribution in [0.5, 0.6) is 0 Å². The van der Waals surface area contributed by atoms with Crippen LogP contribution in [0.3, 0.4) is 0 Å². The molecule has 1 aromatic carbocycles. The van der Waals surface area contributed by atoms with Gasteiger partial charge in [0.05, 0.1) is 24.2 Å². The molecular weight excluding hydrogens is 278 g/mol. The molecule has 1 aliphatic rings. The van der Waals surface area contributed by atoms with Crippen LogP contribution in [0.1, 0.15) is 12.8 Å². The molecule has 5 nitrogen and oxygen atoms in total. The van der Waals surface area contributed by atoms with Gasteiger partial charge < -0.3 is 10.0 Å². The minimum absolute atomic E-state index is 0.124. The molecular formula is C17H21N3O2. The lowest BCUT2D eigenvalue weighted by Crippen LogP contribution is -2.46. The maximum Gasteiger partial charge on any atom is 0.253 e. The second-order valence-corrected chi connectivity index (χ2v) is 6.13. The fraction of sp³-hybridized carbons (Fsp3) is 0.412. The van der Waals surface area contributed by atoms with Crippen LogP contribution in [-0.2, 0) is 6.54 Å². The molecule has 3 rings (SSSR count). The molecule has 1 aliphatic heterocycles. The summed E-state index contributed by atoms with van der Waals surface area (Å²) < 4.78 is 1.51. The number of aliphatic hydroxyl groups is 1. The molecule has 0 spiro atoms. The summed E-state index contributed by atoms with van der Waals surface area (Å²) >= 11 is 0. The van der Waals surface area contributed by atoms with E-state index in [-0.39, 0.29) is 5.56 Å². The third-order valence-corrected chi connectivity index (χ3v) is 4.33. The van der Waals surface area contributed by atoms with Gasteiger partial charge in [0.15, 0.2) is 0 Å². The first-order valence-corrected chi connectivity index (χ1v) is 7.59. The molecule has 0 bridgehead atoms. The number of nitrogens with zero attached hydrogens (tertiary/aromatic N) is 3. The predicted molar refractivity (Wildman–Crippen MR) is 85.6 cm³/mol. The highest BCUT2D eigenvalue weighted by Crippen LogP contribution is 2.23. The van der Waals surface area contributed by atoms with E-state index in [2.05, 4.69) is 9.88 Å². The summed E-state index contributed by atoms with van der Waals surface area (Å²) in [6, 6.07) is 11.2. The van der Waals surface area contributed by atoms with Crippen molar-refractivity contribution in [2.45, 2.75) is 25.0 Å². The first kappa shape index (κ1) is 14.9. The van der Waals surface area contributed by atoms with E-state index in [9.17, 15) is 9.90 Å². The molecule has 5 heteroatoms. The molecule has 1 saturated heterocycles. The standard InChI is InChI=1S/C17H21N3O2/c1-19-9-7-17(22,8-10-19)12-20-13-18-15(11-16(20)21)14-5-3-2-4-6-14/h2-6,11,13,22H,7-10,12H2,1H3. The van der Waals surface area contributed by atoms with Gasteiger partial charge in [0.2, 0.25) is 0 Å². The van der Waals surface area contributed by atoms with E-state index >= 15 is 0 Å². The topological polar surface area (TPSA) is 58.4 Å². The third kappa shape index (κ3) is 3.26. The van der Waals surface area contributed by atoms with Crippen LogP contribution in [0, 0.1) is 0 Å². The van der Waals surface area contributed by atoms with Crippen LogP contribution in [0.2, 0.25) is 0 Å². The maximum absolute atomic E-state index is 12.3. The monoisotopic (exact) mass is 299 g/mol. The van der Waals surface area contributed by atoms with Gasteiger partial charge in [-0.25, -0.2) is 4.98 Å². The fourth-order valence-corrected chi connectivity index (χ4v) is 2.82. The number of rotatable bonds is 3. The van der Waals surface area contributed by atoms with Crippen molar-refractivity contribution in [3.8, 4) is 11.3 Å². The Kier molecular flexibility index (Phi) is 4.09. The highest BCUT2D eigenvalue weighted by Gasteiger charge is 2.31. The Hall–Kier alpha value is -1.98. The third-order valence-electron chi connectivity index (χ3n) is 4.33. The van der Waals surface area contributed by atoms with Gasteiger partial charge >= 0.3 is 0 Å². The van der Waals surface area contributed by atoms with Gasteiger partial charge in [-0.2, -0.15) is 0 Å². The second-order valence-electron chi connectivity index (χ2n) is 6.13. The molecule has 0 amide bonds.